The highest BCUT2D eigenvalue weighted by Crippen LogP contribution is 2.48. The number of hydrogen-bond acceptors (Lipinski definition) is 4. The summed E-state index contributed by atoms with van der Waals surface area (Å²) >= 11 is 0. The SMILES string of the molecule is NCCS(CCN)(CCC(=O)O)CCC(=O)O. The molecule has 17 heavy (non-hydrogen) atoms. The van der Waals surface area contributed by atoms with Gasteiger partial charge in [-0.25, -0.2) is 10.0 Å². The van der Waals surface area contributed by atoms with E-state index in [0.717, 1.165) is 0 Å². The molecule has 0 amide bonds. The van der Waals surface area contributed by atoms with Crippen LogP contribution in [0.2, 0.25) is 0 Å². The van der Waals surface area contributed by atoms with E-state index in [-0.39, 0.29) is 12.8 Å². The summed E-state index contributed by atoms with van der Waals surface area (Å²) in [6, 6.07) is 0. The number of nitrogens with two attached hydrogens (primary N) is 2. The van der Waals surface area contributed by atoms with Crippen LogP contribution >= 0.6 is 10.0 Å². The molecule has 0 fully saturated rings. The molecule has 0 saturated heterocycles. The summed E-state index contributed by atoms with van der Waals surface area (Å²) in [6.45, 7) is 0.906. The van der Waals surface area contributed by atoms with Gasteiger partial charge in [-0.1, -0.05) is 0 Å². The summed E-state index contributed by atoms with van der Waals surface area (Å²) in [7, 11) is -1.30. The van der Waals surface area contributed by atoms with Crippen molar-refractivity contribution < 1.29 is 19.8 Å². The Labute approximate surface area is 103 Å². The third-order valence-corrected chi connectivity index (χ3v) is 6.94. The highest BCUT2D eigenvalue weighted by Gasteiger charge is 2.24. The minimum Gasteiger partial charge on any atom is -0.481 e. The van der Waals surface area contributed by atoms with E-state index in [1.54, 1.807) is 0 Å². The predicted octanol–water partition coefficient (Wildman–Crippen LogP) is -0.342. The van der Waals surface area contributed by atoms with Crippen molar-refractivity contribution in [2.75, 3.05) is 36.1 Å². The molecule has 0 aromatic rings. The van der Waals surface area contributed by atoms with Crippen LogP contribution in [0.25, 0.3) is 0 Å². The van der Waals surface area contributed by atoms with Gasteiger partial charge in [0, 0.05) is 0 Å². The first-order valence-corrected chi connectivity index (χ1v) is 7.84. The number of rotatable bonds is 10. The maximum Gasteiger partial charge on any atom is 0.304 e. The Balaban J connectivity index is 4.57. The second kappa shape index (κ2) is 8.32. The van der Waals surface area contributed by atoms with Gasteiger partial charge in [-0.3, -0.25) is 9.59 Å². The summed E-state index contributed by atoms with van der Waals surface area (Å²) in [6.07, 6.45) is 0.129. The highest BCUT2D eigenvalue weighted by atomic mass is 32.3. The Morgan fingerprint density at radius 1 is 0.824 bits per heavy atom. The largest absolute Gasteiger partial charge is 0.481 e. The van der Waals surface area contributed by atoms with E-state index >= 15 is 0 Å². The highest BCUT2D eigenvalue weighted by molar-refractivity contribution is 8.33. The van der Waals surface area contributed by atoms with Crippen molar-refractivity contribution in [1.82, 2.24) is 0 Å². The summed E-state index contributed by atoms with van der Waals surface area (Å²) in [4.78, 5) is 21.3. The molecule has 0 unspecified atom stereocenters. The molecule has 0 spiro atoms. The van der Waals surface area contributed by atoms with Crippen LogP contribution in [-0.4, -0.2) is 58.3 Å². The molecule has 6 nitrogen and oxygen atoms in total. The van der Waals surface area contributed by atoms with Crippen molar-refractivity contribution in [2.24, 2.45) is 11.5 Å². The Kier molecular flexibility index (Phi) is 7.94. The predicted molar refractivity (Wildman–Crippen MR) is 69.7 cm³/mol. The zero-order valence-electron chi connectivity index (χ0n) is 9.93. The van der Waals surface area contributed by atoms with Gasteiger partial charge in [0.25, 0.3) is 0 Å². The molecule has 0 aliphatic carbocycles. The average Bonchev–Trinajstić information content (AvgIpc) is 2.24. The van der Waals surface area contributed by atoms with Crippen LogP contribution in [0.4, 0.5) is 0 Å². The maximum atomic E-state index is 10.6. The van der Waals surface area contributed by atoms with E-state index in [2.05, 4.69) is 0 Å². The van der Waals surface area contributed by atoms with Crippen LogP contribution in [0.3, 0.4) is 0 Å². The number of carbonyl (C=O) groups is 2. The minimum atomic E-state index is -1.30. The summed E-state index contributed by atoms with van der Waals surface area (Å²) in [5, 5.41) is 17.5. The van der Waals surface area contributed by atoms with E-state index < -0.39 is 22.0 Å². The van der Waals surface area contributed by atoms with Crippen molar-refractivity contribution >= 4 is 22.0 Å². The molecule has 0 radical (unpaired) electrons. The van der Waals surface area contributed by atoms with Gasteiger partial charge in [0.1, 0.15) is 0 Å². The van der Waals surface area contributed by atoms with Gasteiger partial charge in [-0.15, -0.1) is 0 Å². The smallest absolute Gasteiger partial charge is 0.304 e. The Morgan fingerprint density at radius 3 is 1.41 bits per heavy atom. The van der Waals surface area contributed by atoms with E-state index in [1.165, 1.54) is 0 Å². The zero-order chi connectivity index (χ0) is 13.3. The Hall–Kier alpha value is -0.790. The molecule has 0 atom stereocenters. The topological polar surface area (TPSA) is 127 Å². The quantitative estimate of drug-likeness (QED) is 0.428. The molecule has 0 aromatic carbocycles. The molecule has 0 heterocycles. The first-order chi connectivity index (χ1) is 7.95. The monoisotopic (exact) mass is 266 g/mol. The molecule has 0 aliphatic heterocycles. The van der Waals surface area contributed by atoms with Crippen molar-refractivity contribution in [3.05, 3.63) is 0 Å². The van der Waals surface area contributed by atoms with E-state index in [1.807, 2.05) is 0 Å². The molecule has 0 aliphatic rings. The fourth-order valence-electron chi connectivity index (χ4n) is 1.72. The molecule has 0 saturated carbocycles. The van der Waals surface area contributed by atoms with Gasteiger partial charge in [0.05, 0.1) is 12.8 Å². The Morgan fingerprint density at radius 2 is 1.18 bits per heavy atom. The minimum absolute atomic E-state index is 0.0644. The van der Waals surface area contributed by atoms with Crippen LogP contribution in [0.1, 0.15) is 12.8 Å². The summed E-state index contributed by atoms with van der Waals surface area (Å²) < 4.78 is 0. The van der Waals surface area contributed by atoms with Crippen LogP contribution in [0, 0.1) is 0 Å². The molecule has 102 valence electrons. The number of carboxylic acid groups (broad SMARTS) is 2. The molecule has 7 heteroatoms. The average molecular weight is 266 g/mol. The van der Waals surface area contributed by atoms with Gasteiger partial charge in [-0.05, 0) is 36.1 Å². The maximum absolute atomic E-state index is 10.6. The number of carboxylic acids is 2. The second-order valence-electron chi connectivity index (χ2n) is 3.91. The van der Waals surface area contributed by atoms with Gasteiger partial charge < -0.3 is 21.7 Å². The van der Waals surface area contributed by atoms with E-state index in [0.29, 0.717) is 36.1 Å². The molecule has 0 bridgehead atoms. The van der Waals surface area contributed by atoms with Crippen molar-refractivity contribution in [3.8, 4) is 0 Å². The molecular formula is C10H22N2O4S. The third-order valence-electron chi connectivity index (χ3n) is 2.60. The normalized spacial score (nSPS) is 12.4. The summed E-state index contributed by atoms with van der Waals surface area (Å²) in [5.74, 6) is 0.723. The lowest BCUT2D eigenvalue weighted by Gasteiger charge is -2.39. The second-order valence-corrected chi connectivity index (χ2v) is 7.99. The van der Waals surface area contributed by atoms with Gasteiger partial charge >= 0.3 is 11.9 Å². The first kappa shape index (κ1) is 16.2. The standard InChI is InChI=1S/C10H22N2O4S/c11-3-7-17(8-4-12,5-1-9(13)14)6-2-10(15)16/h1-8,11-12H2,(H,13,14)(H,15,16). The van der Waals surface area contributed by atoms with E-state index in [4.69, 9.17) is 21.7 Å². The van der Waals surface area contributed by atoms with Gasteiger partial charge in [-0.2, -0.15) is 0 Å². The number of hydrogen-bond donors (Lipinski definition) is 4. The van der Waals surface area contributed by atoms with Crippen LogP contribution < -0.4 is 11.5 Å². The van der Waals surface area contributed by atoms with Crippen LogP contribution in [-0.2, 0) is 9.59 Å². The van der Waals surface area contributed by atoms with Crippen molar-refractivity contribution in [3.63, 3.8) is 0 Å². The van der Waals surface area contributed by atoms with Crippen molar-refractivity contribution in [1.29, 1.82) is 0 Å². The van der Waals surface area contributed by atoms with E-state index in [9.17, 15) is 9.59 Å². The lowest BCUT2D eigenvalue weighted by Crippen LogP contribution is -2.27. The lowest BCUT2D eigenvalue weighted by atomic mass is 10.5. The van der Waals surface area contributed by atoms with Gasteiger partial charge in [0.2, 0.25) is 0 Å². The van der Waals surface area contributed by atoms with Crippen LogP contribution in [0.5, 0.6) is 0 Å². The fraction of sp³-hybridized carbons (Fsp3) is 0.800. The lowest BCUT2D eigenvalue weighted by molar-refractivity contribution is -0.137. The molecule has 0 aromatic heterocycles. The third kappa shape index (κ3) is 7.19. The van der Waals surface area contributed by atoms with Crippen molar-refractivity contribution in [2.45, 2.75) is 12.8 Å². The first-order valence-electron chi connectivity index (χ1n) is 5.53. The fourth-order valence-corrected chi connectivity index (χ4v) is 5.16. The molecule has 6 N–H and O–H groups in total. The Bertz CT molecular complexity index is 235. The van der Waals surface area contributed by atoms with Crippen LogP contribution in [0.15, 0.2) is 0 Å². The molecular weight excluding hydrogens is 244 g/mol. The molecule has 0 rings (SSSR count). The summed E-state index contributed by atoms with van der Waals surface area (Å²) in [5.41, 5.74) is 11.1. The number of aliphatic carboxylic acids is 2. The zero-order valence-corrected chi connectivity index (χ0v) is 10.7. The van der Waals surface area contributed by atoms with Gasteiger partial charge in [0.15, 0.2) is 0 Å².